The van der Waals surface area contributed by atoms with Crippen LogP contribution in [0.15, 0.2) is 42.5 Å². The van der Waals surface area contributed by atoms with Gasteiger partial charge in [-0.3, -0.25) is 0 Å². The molecule has 0 amide bonds. The molecule has 19 heavy (non-hydrogen) atoms. The average molecular weight is 366 g/mol. The minimum atomic E-state index is 0.854. The second-order valence-electron chi connectivity index (χ2n) is 4.88. The Labute approximate surface area is 129 Å². The van der Waals surface area contributed by atoms with E-state index >= 15 is 0 Å². The van der Waals surface area contributed by atoms with Gasteiger partial charge in [0.1, 0.15) is 0 Å². The summed E-state index contributed by atoms with van der Waals surface area (Å²) in [5.74, 6) is 0. The molecule has 0 fully saturated rings. The Bertz CT molecular complexity index is 547. The molecule has 2 rings (SSSR count). The van der Waals surface area contributed by atoms with Crippen molar-refractivity contribution in [2.24, 2.45) is 0 Å². The molecule has 0 bridgehead atoms. The third-order valence-electron chi connectivity index (χ3n) is 3.12. The fraction of sp³-hybridized carbons (Fsp3) is 0.250. The number of hydrogen-bond donors (Lipinski definition) is 1. The van der Waals surface area contributed by atoms with Gasteiger partial charge in [0.05, 0.1) is 0 Å². The molecule has 0 aliphatic carbocycles. The first kappa shape index (κ1) is 14.2. The quantitative estimate of drug-likeness (QED) is 0.813. The summed E-state index contributed by atoms with van der Waals surface area (Å²) in [5.41, 5.74) is 5.02. The number of nitrogens with one attached hydrogen (secondary N) is 1. The van der Waals surface area contributed by atoms with E-state index < -0.39 is 0 Å². The molecule has 0 saturated heterocycles. The molecular weight excluding hydrogens is 347 g/mol. The highest BCUT2D eigenvalue weighted by Gasteiger charge is 1.99. The third kappa shape index (κ3) is 3.86. The van der Waals surface area contributed by atoms with Crippen LogP contribution in [0, 0.1) is 10.5 Å². The standard InChI is InChI=1S/C16H19IN2/c1-12-4-7-14(10-16(12)17)18-11-13-5-8-15(9-6-13)19(2)3/h4-10,18H,11H2,1-3H3. The summed E-state index contributed by atoms with van der Waals surface area (Å²) >= 11 is 2.37. The molecule has 0 radical (unpaired) electrons. The molecule has 2 nitrogen and oxygen atoms in total. The summed E-state index contributed by atoms with van der Waals surface area (Å²) < 4.78 is 1.30. The number of rotatable bonds is 4. The molecule has 0 aliphatic rings. The van der Waals surface area contributed by atoms with Crippen LogP contribution < -0.4 is 10.2 Å². The van der Waals surface area contributed by atoms with E-state index in [2.05, 4.69) is 96.3 Å². The molecule has 3 heteroatoms. The Morgan fingerprint density at radius 3 is 2.32 bits per heavy atom. The first-order valence-electron chi connectivity index (χ1n) is 6.32. The first-order valence-corrected chi connectivity index (χ1v) is 7.40. The van der Waals surface area contributed by atoms with Gasteiger partial charge in [-0.05, 0) is 64.9 Å². The van der Waals surface area contributed by atoms with Gasteiger partial charge in [0, 0.05) is 35.6 Å². The molecule has 0 aliphatic heterocycles. The van der Waals surface area contributed by atoms with Crippen molar-refractivity contribution in [3.05, 3.63) is 57.2 Å². The van der Waals surface area contributed by atoms with Gasteiger partial charge in [-0.2, -0.15) is 0 Å². The van der Waals surface area contributed by atoms with Crippen molar-refractivity contribution in [3.8, 4) is 0 Å². The topological polar surface area (TPSA) is 15.3 Å². The lowest BCUT2D eigenvalue weighted by Gasteiger charge is -2.13. The molecule has 0 saturated carbocycles. The van der Waals surface area contributed by atoms with Crippen molar-refractivity contribution in [3.63, 3.8) is 0 Å². The molecule has 0 spiro atoms. The van der Waals surface area contributed by atoms with Crippen LogP contribution >= 0.6 is 22.6 Å². The summed E-state index contributed by atoms with van der Waals surface area (Å²) in [5, 5.41) is 3.46. The fourth-order valence-electron chi connectivity index (χ4n) is 1.82. The Morgan fingerprint density at radius 2 is 1.74 bits per heavy atom. The summed E-state index contributed by atoms with van der Waals surface area (Å²) in [6.07, 6.45) is 0. The lowest BCUT2D eigenvalue weighted by atomic mass is 10.2. The van der Waals surface area contributed by atoms with E-state index in [4.69, 9.17) is 0 Å². The summed E-state index contributed by atoms with van der Waals surface area (Å²) in [7, 11) is 4.11. The number of halogens is 1. The van der Waals surface area contributed by atoms with Crippen LogP contribution in [0.25, 0.3) is 0 Å². The highest BCUT2D eigenvalue weighted by molar-refractivity contribution is 14.1. The minimum Gasteiger partial charge on any atom is -0.381 e. The van der Waals surface area contributed by atoms with Crippen LogP contribution in [0.1, 0.15) is 11.1 Å². The van der Waals surface area contributed by atoms with E-state index in [-0.39, 0.29) is 0 Å². The molecule has 1 N–H and O–H groups in total. The molecule has 2 aromatic rings. The first-order chi connectivity index (χ1) is 9.06. The Morgan fingerprint density at radius 1 is 1.05 bits per heavy atom. The van der Waals surface area contributed by atoms with Gasteiger partial charge in [0.15, 0.2) is 0 Å². The van der Waals surface area contributed by atoms with Crippen LogP contribution in [0.5, 0.6) is 0 Å². The third-order valence-corrected chi connectivity index (χ3v) is 4.28. The predicted octanol–water partition coefficient (Wildman–Crippen LogP) is 4.28. The number of aryl methyl sites for hydroxylation is 1. The van der Waals surface area contributed by atoms with Crippen LogP contribution in [-0.4, -0.2) is 14.1 Å². The molecule has 0 heterocycles. The Kier molecular flexibility index (Phi) is 4.69. The summed E-state index contributed by atoms with van der Waals surface area (Å²) in [6.45, 7) is 2.98. The Balaban J connectivity index is 2.00. The number of hydrogen-bond acceptors (Lipinski definition) is 2. The number of nitrogens with zero attached hydrogens (tertiary/aromatic N) is 1. The largest absolute Gasteiger partial charge is 0.381 e. The smallest absolute Gasteiger partial charge is 0.0400 e. The van der Waals surface area contributed by atoms with Gasteiger partial charge in [0.2, 0.25) is 0 Å². The lowest BCUT2D eigenvalue weighted by Crippen LogP contribution is -2.08. The highest BCUT2D eigenvalue weighted by Crippen LogP contribution is 2.18. The fourth-order valence-corrected chi connectivity index (χ4v) is 2.33. The van der Waals surface area contributed by atoms with Gasteiger partial charge in [-0.1, -0.05) is 18.2 Å². The molecule has 0 atom stereocenters. The zero-order chi connectivity index (χ0) is 13.8. The molecule has 0 aromatic heterocycles. The van der Waals surface area contributed by atoms with Crippen molar-refractivity contribution in [1.29, 1.82) is 0 Å². The normalized spacial score (nSPS) is 10.3. The van der Waals surface area contributed by atoms with Crippen molar-refractivity contribution < 1.29 is 0 Å². The van der Waals surface area contributed by atoms with Gasteiger partial charge in [-0.15, -0.1) is 0 Å². The molecule has 100 valence electrons. The van der Waals surface area contributed by atoms with E-state index in [9.17, 15) is 0 Å². The van der Waals surface area contributed by atoms with Gasteiger partial charge >= 0.3 is 0 Å². The molecular formula is C16H19IN2. The van der Waals surface area contributed by atoms with Gasteiger partial charge in [0.25, 0.3) is 0 Å². The summed E-state index contributed by atoms with van der Waals surface area (Å²) in [4.78, 5) is 2.11. The van der Waals surface area contributed by atoms with E-state index in [1.165, 1.54) is 26.1 Å². The van der Waals surface area contributed by atoms with Crippen LogP contribution in [-0.2, 0) is 6.54 Å². The van der Waals surface area contributed by atoms with Crippen LogP contribution in [0.3, 0.4) is 0 Å². The highest BCUT2D eigenvalue weighted by atomic mass is 127. The van der Waals surface area contributed by atoms with E-state index in [1.807, 2.05) is 0 Å². The van der Waals surface area contributed by atoms with Gasteiger partial charge < -0.3 is 10.2 Å². The SMILES string of the molecule is Cc1ccc(NCc2ccc(N(C)C)cc2)cc1I. The van der Waals surface area contributed by atoms with E-state index in [0.717, 1.165) is 6.54 Å². The molecule has 2 aromatic carbocycles. The maximum absolute atomic E-state index is 3.46. The maximum Gasteiger partial charge on any atom is 0.0400 e. The van der Waals surface area contributed by atoms with Crippen LogP contribution in [0.4, 0.5) is 11.4 Å². The van der Waals surface area contributed by atoms with E-state index in [1.54, 1.807) is 0 Å². The second kappa shape index (κ2) is 6.28. The average Bonchev–Trinajstić information content (AvgIpc) is 2.40. The minimum absolute atomic E-state index is 0.854. The maximum atomic E-state index is 3.46. The summed E-state index contributed by atoms with van der Waals surface area (Å²) in [6, 6.07) is 15.1. The van der Waals surface area contributed by atoms with Gasteiger partial charge in [-0.25, -0.2) is 0 Å². The number of benzene rings is 2. The van der Waals surface area contributed by atoms with Crippen molar-refractivity contribution >= 4 is 34.0 Å². The predicted molar refractivity (Wildman–Crippen MR) is 92.0 cm³/mol. The Hall–Kier alpha value is -1.23. The van der Waals surface area contributed by atoms with Crippen molar-refractivity contribution in [1.82, 2.24) is 0 Å². The van der Waals surface area contributed by atoms with Crippen LogP contribution in [0.2, 0.25) is 0 Å². The monoisotopic (exact) mass is 366 g/mol. The van der Waals surface area contributed by atoms with Crippen molar-refractivity contribution in [2.75, 3.05) is 24.3 Å². The molecule has 0 unspecified atom stereocenters. The van der Waals surface area contributed by atoms with Crippen molar-refractivity contribution in [2.45, 2.75) is 13.5 Å². The van der Waals surface area contributed by atoms with E-state index in [0.29, 0.717) is 0 Å². The lowest BCUT2D eigenvalue weighted by molar-refractivity contribution is 1.11. The zero-order valence-corrected chi connectivity index (χ0v) is 13.7. The second-order valence-corrected chi connectivity index (χ2v) is 6.04. The number of anilines is 2. The zero-order valence-electron chi connectivity index (χ0n) is 11.6.